The summed E-state index contributed by atoms with van der Waals surface area (Å²) < 4.78 is 9.61. The summed E-state index contributed by atoms with van der Waals surface area (Å²) in [6.45, 7) is 4.49. The summed E-state index contributed by atoms with van der Waals surface area (Å²) in [4.78, 5) is 22.1. The molecule has 5 heteroatoms. The van der Waals surface area contributed by atoms with Crippen molar-refractivity contribution in [1.29, 1.82) is 0 Å². The molecule has 5 nitrogen and oxygen atoms in total. The lowest BCUT2D eigenvalue weighted by Gasteiger charge is -2.06. The Hall–Kier alpha value is -1.26. The van der Waals surface area contributed by atoms with Crippen LogP contribution < -0.4 is 5.32 Å². The molecule has 0 rings (SSSR count). The Balaban J connectivity index is 3.27. The number of carbonyl (C=O) groups excluding carboxylic acids is 2. The molecule has 1 amide bonds. The van der Waals surface area contributed by atoms with Crippen LogP contribution in [0.5, 0.6) is 0 Å². The predicted octanol–water partition coefficient (Wildman–Crippen LogP) is 3.03. The number of ether oxygens (including phenoxy) is 2. The van der Waals surface area contributed by atoms with Gasteiger partial charge in [0.25, 0.3) is 0 Å². The van der Waals surface area contributed by atoms with Crippen molar-refractivity contribution >= 4 is 12.1 Å². The van der Waals surface area contributed by atoms with Crippen LogP contribution in [0.1, 0.15) is 58.8 Å². The summed E-state index contributed by atoms with van der Waals surface area (Å²) in [5, 5.41) is 2.32. The molecular weight excluding hydrogens is 246 g/mol. The quantitative estimate of drug-likeness (QED) is 0.464. The molecule has 0 fully saturated rings. The van der Waals surface area contributed by atoms with Gasteiger partial charge in [-0.3, -0.25) is 4.79 Å². The maximum atomic E-state index is 11.2. The lowest BCUT2D eigenvalue weighted by molar-refractivity contribution is -0.142. The van der Waals surface area contributed by atoms with Gasteiger partial charge in [0.2, 0.25) is 0 Å². The zero-order valence-corrected chi connectivity index (χ0v) is 12.2. The number of nitrogens with one attached hydrogen (secondary N) is 1. The highest BCUT2D eigenvalue weighted by atomic mass is 16.6. The number of esters is 1. The molecule has 0 radical (unpaired) electrons. The summed E-state index contributed by atoms with van der Waals surface area (Å²) in [5.74, 6) is -0.418. The average molecular weight is 273 g/mol. The van der Waals surface area contributed by atoms with E-state index in [-0.39, 0.29) is 6.54 Å². The predicted molar refractivity (Wildman–Crippen MR) is 74.0 cm³/mol. The number of carbonyl (C=O) groups is 2. The molecule has 0 heterocycles. The molecule has 0 saturated heterocycles. The second-order valence-corrected chi connectivity index (χ2v) is 4.42. The van der Waals surface area contributed by atoms with Gasteiger partial charge in [0, 0.05) is 0 Å². The van der Waals surface area contributed by atoms with Gasteiger partial charge in [-0.2, -0.15) is 0 Å². The molecule has 0 aromatic rings. The number of alkyl carbamates (subject to hydrolysis) is 1. The molecule has 0 bridgehead atoms. The second kappa shape index (κ2) is 13.2. The van der Waals surface area contributed by atoms with Crippen molar-refractivity contribution in [1.82, 2.24) is 5.32 Å². The zero-order valence-electron chi connectivity index (χ0n) is 12.2. The van der Waals surface area contributed by atoms with E-state index in [2.05, 4.69) is 17.0 Å². The van der Waals surface area contributed by atoms with Gasteiger partial charge in [-0.05, 0) is 13.3 Å². The number of hydrogen-bond acceptors (Lipinski definition) is 4. The molecule has 112 valence electrons. The monoisotopic (exact) mass is 273 g/mol. The third-order valence-corrected chi connectivity index (χ3v) is 2.66. The summed E-state index contributed by atoms with van der Waals surface area (Å²) in [5.41, 5.74) is 0. The first-order valence-electron chi connectivity index (χ1n) is 7.27. The zero-order chi connectivity index (χ0) is 14.3. The van der Waals surface area contributed by atoms with E-state index in [0.29, 0.717) is 13.2 Å². The molecular formula is C14H27NO4. The maximum Gasteiger partial charge on any atom is 0.407 e. The van der Waals surface area contributed by atoms with E-state index in [4.69, 9.17) is 4.74 Å². The Labute approximate surface area is 116 Å². The molecule has 1 N–H and O–H groups in total. The van der Waals surface area contributed by atoms with Crippen molar-refractivity contribution in [3.05, 3.63) is 0 Å². The summed E-state index contributed by atoms with van der Waals surface area (Å²) in [6.07, 6.45) is 7.68. The van der Waals surface area contributed by atoms with Gasteiger partial charge in [-0.1, -0.05) is 45.4 Å². The van der Waals surface area contributed by atoms with Crippen LogP contribution in [0.15, 0.2) is 0 Å². The Morgan fingerprint density at radius 1 is 0.895 bits per heavy atom. The molecule has 0 atom stereocenters. The van der Waals surface area contributed by atoms with E-state index in [1.54, 1.807) is 6.92 Å². The minimum atomic E-state index is -0.588. The van der Waals surface area contributed by atoms with Crippen LogP contribution in [0.25, 0.3) is 0 Å². The van der Waals surface area contributed by atoms with Gasteiger partial charge >= 0.3 is 12.1 Å². The van der Waals surface area contributed by atoms with E-state index in [9.17, 15) is 9.59 Å². The van der Waals surface area contributed by atoms with Gasteiger partial charge in [0.15, 0.2) is 0 Å². The molecule has 0 aliphatic carbocycles. The fourth-order valence-electron chi connectivity index (χ4n) is 1.62. The Kier molecular flexibility index (Phi) is 12.3. The fourth-order valence-corrected chi connectivity index (χ4v) is 1.62. The summed E-state index contributed by atoms with van der Waals surface area (Å²) in [7, 11) is 0. The highest BCUT2D eigenvalue weighted by molar-refractivity contribution is 5.77. The van der Waals surface area contributed by atoms with Crippen LogP contribution in [0.2, 0.25) is 0 Å². The molecule has 0 unspecified atom stereocenters. The lowest BCUT2D eigenvalue weighted by Crippen LogP contribution is -2.31. The van der Waals surface area contributed by atoms with E-state index in [0.717, 1.165) is 12.8 Å². The Morgan fingerprint density at radius 2 is 1.53 bits per heavy atom. The first kappa shape index (κ1) is 17.7. The maximum absolute atomic E-state index is 11.2. The third-order valence-electron chi connectivity index (χ3n) is 2.66. The van der Waals surface area contributed by atoms with Gasteiger partial charge in [0.05, 0.1) is 13.2 Å². The van der Waals surface area contributed by atoms with E-state index in [1.165, 1.54) is 32.1 Å². The van der Waals surface area contributed by atoms with Gasteiger partial charge in [-0.25, -0.2) is 4.79 Å². The summed E-state index contributed by atoms with van der Waals surface area (Å²) in [6, 6.07) is 0. The molecule has 0 saturated carbocycles. The standard InChI is InChI=1S/C14H27NO4/c1-3-5-6-7-8-9-10-11-19-13(16)12-15-14(17)18-4-2/h3-12H2,1-2H3,(H,15,17). The molecule has 0 aromatic heterocycles. The number of rotatable bonds is 11. The van der Waals surface area contributed by atoms with Crippen LogP contribution in [0.3, 0.4) is 0 Å². The van der Waals surface area contributed by atoms with Crippen molar-refractivity contribution in [2.75, 3.05) is 19.8 Å². The van der Waals surface area contributed by atoms with Crippen LogP contribution in [0, 0.1) is 0 Å². The largest absolute Gasteiger partial charge is 0.464 e. The molecule has 0 aliphatic rings. The molecule has 0 aliphatic heterocycles. The van der Waals surface area contributed by atoms with Crippen molar-refractivity contribution in [3.63, 3.8) is 0 Å². The second-order valence-electron chi connectivity index (χ2n) is 4.42. The lowest BCUT2D eigenvalue weighted by atomic mass is 10.1. The topological polar surface area (TPSA) is 64.6 Å². The van der Waals surface area contributed by atoms with Crippen molar-refractivity contribution in [2.24, 2.45) is 0 Å². The minimum absolute atomic E-state index is 0.130. The van der Waals surface area contributed by atoms with Gasteiger partial charge < -0.3 is 14.8 Å². The number of unbranched alkanes of at least 4 members (excludes halogenated alkanes) is 6. The fraction of sp³-hybridized carbons (Fsp3) is 0.857. The molecule has 19 heavy (non-hydrogen) atoms. The minimum Gasteiger partial charge on any atom is -0.464 e. The van der Waals surface area contributed by atoms with Crippen LogP contribution in [-0.2, 0) is 14.3 Å². The number of hydrogen-bond donors (Lipinski definition) is 1. The number of amides is 1. The molecule has 0 spiro atoms. The normalized spacial score (nSPS) is 10.0. The van der Waals surface area contributed by atoms with Gasteiger partial charge in [0.1, 0.15) is 6.54 Å². The average Bonchev–Trinajstić information content (AvgIpc) is 2.40. The molecule has 0 aromatic carbocycles. The van der Waals surface area contributed by atoms with E-state index < -0.39 is 12.1 Å². The van der Waals surface area contributed by atoms with Crippen molar-refractivity contribution in [2.45, 2.75) is 58.8 Å². The highest BCUT2D eigenvalue weighted by Crippen LogP contribution is 2.06. The highest BCUT2D eigenvalue weighted by Gasteiger charge is 2.06. The van der Waals surface area contributed by atoms with E-state index >= 15 is 0 Å². The smallest absolute Gasteiger partial charge is 0.407 e. The van der Waals surface area contributed by atoms with Crippen molar-refractivity contribution in [3.8, 4) is 0 Å². The van der Waals surface area contributed by atoms with Gasteiger partial charge in [-0.15, -0.1) is 0 Å². The van der Waals surface area contributed by atoms with Crippen molar-refractivity contribution < 1.29 is 19.1 Å². The third kappa shape index (κ3) is 13.0. The van der Waals surface area contributed by atoms with Crippen LogP contribution in [0.4, 0.5) is 4.79 Å². The van der Waals surface area contributed by atoms with E-state index in [1.807, 2.05) is 0 Å². The first-order chi connectivity index (χ1) is 9.20. The van der Waals surface area contributed by atoms with Crippen LogP contribution >= 0.6 is 0 Å². The Morgan fingerprint density at radius 3 is 2.16 bits per heavy atom. The first-order valence-corrected chi connectivity index (χ1v) is 7.27. The Bertz CT molecular complexity index is 244. The summed E-state index contributed by atoms with van der Waals surface area (Å²) >= 11 is 0. The van der Waals surface area contributed by atoms with Crippen LogP contribution in [-0.4, -0.2) is 31.8 Å². The SMILES string of the molecule is CCCCCCCCCOC(=O)CNC(=O)OCC.